The molecule has 0 bridgehead atoms. The summed E-state index contributed by atoms with van der Waals surface area (Å²) in [4.78, 5) is 11.6. The van der Waals surface area contributed by atoms with Gasteiger partial charge in [-0.3, -0.25) is 0 Å². The van der Waals surface area contributed by atoms with Gasteiger partial charge in [-0.1, -0.05) is 0 Å². The number of rotatable bonds is 7. The van der Waals surface area contributed by atoms with E-state index >= 15 is 0 Å². The predicted molar refractivity (Wildman–Crippen MR) is 64.1 cm³/mol. The van der Waals surface area contributed by atoms with Gasteiger partial charge in [-0.2, -0.15) is 0 Å². The highest BCUT2D eigenvalue weighted by atomic mass is 19.1. The molecule has 1 aromatic rings. The SMILES string of the molecule is COCCOCCOC(=O)c1ccc(F)cc1C. The van der Waals surface area contributed by atoms with Gasteiger partial charge in [0.05, 0.1) is 25.4 Å². The van der Waals surface area contributed by atoms with Crippen LogP contribution in [-0.2, 0) is 14.2 Å². The zero-order chi connectivity index (χ0) is 13.4. The molecule has 0 atom stereocenters. The van der Waals surface area contributed by atoms with E-state index < -0.39 is 5.97 Å². The molecule has 4 nitrogen and oxygen atoms in total. The average Bonchev–Trinajstić information content (AvgIpc) is 2.33. The molecule has 0 saturated heterocycles. The van der Waals surface area contributed by atoms with E-state index in [1.807, 2.05) is 0 Å². The minimum Gasteiger partial charge on any atom is -0.460 e. The largest absolute Gasteiger partial charge is 0.460 e. The van der Waals surface area contributed by atoms with Crippen molar-refractivity contribution in [2.45, 2.75) is 6.92 Å². The minimum absolute atomic E-state index is 0.166. The molecular formula is C13H17FO4. The van der Waals surface area contributed by atoms with Crippen LogP contribution in [0.5, 0.6) is 0 Å². The summed E-state index contributed by atoms with van der Waals surface area (Å²) in [6.45, 7) is 3.11. The summed E-state index contributed by atoms with van der Waals surface area (Å²) >= 11 is 0. The molecule has 1 aromatic carbocycles. The lowest BCUT2D eigenvalue weighted by molar-refractivity contribution is 0.0213. The Morgan fingerprint density at radius 2 is 1.94 bits per heavy atom. The lowest BCUT2D eigenvalue weighted by atomic mass is 10.1. The number of carbonyl (C=O) groups is 1. The van der Waals surface area contributed by atoms with Gasteiger partial charge in [0.25, 0.3) is 0 Å². The number of carbonyl (C=O) groups excluding carboxylic acids is 1. The molecule has 0 aromatic heterocycles. The van der Waals surface area contributed by atoms with Gasteiger partial charge in [-0.15, -0.1) is 0 Å². The number of hydrogen-bond donors (Lipinski definition) is 0. The quantitative estimate of drug-likeness (QED) is 0.552. The molecule has 0 unspecified atom stereocenters. The van der Waals surface area contributed by atoms with Crippen molar-refractivity contribution in [2.75, 3.05) is 33.5 Å². The Hall–Kier alpha value is -1.46. The molecule has 0 fully saturated rings. The van der Waals surface area contributed by atoms with E-state index in [9.17, 15) is 9.18 Å². The topological polar surface area (TPSA) is 44.8 Å². The third-order valence-electron chi connectivity index (χ3n) is 2.30. The van der Waals surface area contributed by atoms with Crippen LogP contribution in [0.15, 0.2) is 18.2 Å². The molecular weight excluding hydrogens is 239 g/mol. The number of halogens is 1. The fourth-order valence-corrected chi connectivity index (χ4v) is 1.37. The van der Waals surface area contributed by atoms with Crippen molar-refractivity contribution < 1.29 is 23.4 Å². The molecule has 5 heteroatoms. The van der Waals surface area contributed by atoms with E-state index in [1.54, 1.807) is 14.0 Å². The van der Waals surface area contributed by atoms with Crippen LogP contribution in [0.4, 0.5) is 4.39 Å². The molecule has 0 aliphatic rings. The number of methoxy groups -OCH3 is 1. The summed E-state index contributed by atoms with van der Waals surface area (Å²) in [5, 5.41) is 0. The van der Waals surface area contributed by atoms with Crippen LogP contribution >= 0.6 is 0 Å². The van der Waals surface area contributed by atoms with Gasteiger partial charge in [0.1, 0.15) is 12.4 Å². The molecule has 0 radical (unpaired) electrons. The Balaban J connectivity index is 2.32. The summed E-state index contributed by atoms with van der Waals surface area (Å²) in [5.41, 5.74) is 0.925. The van der Waals surface area contributed by atoms with Crippen LogP contribution in [0.3, 0.4) is 0 Å². The number of ether oxygens (including phenoxy) is 3. The molecule has 0 N–H and O–H groups in total. The first-order valence-corrected chi connectivity index (χ1v) is 5.65. The maximum absolute atomic E-state index is 12.9. The maximum Gasteiger partial charge on any atom is 0.338 e. The molecule has 0 saturated carbocycles. The number of benzene rings is 1. The highest BCUT2D eigenvalue weighted by Crippen LogP contribution is 2.11. The molecule has 1 rings (SSSR count). The van der Waals surface area contributed by atoms with E-state index in [0.717, 1.165) is 0 Å². The second-order valence-corrected chi connectivity index (χ2v) is 3.70. The summed E-state index contributed by atoms with van der Waals surface area (Å²) in [6, 6.07) is 3.95. The fourth-order valence-electron chi connectivity index (χ4n) is 1.37. The Kier molecular flexibility index (Phi) is 6.32. The van der Waals surface area contributed by atoms with Crippen LogP contribution in [0.1, 0.15) is 15.9 Å². The Labute approximate surface area is 106 Å². The van der Waals surface area contributed by atoms with Gasteiger partial charge >= 0.3 is 5.97 Å². The van der Waals surface area contributed by atoms with Crippen molar-refractivity contribution in [2.24, 2.45) is 0 Å². The second kappa shape index (κ2) is 7.79. The van der Waals surface area contributed by atoms with Crippen molar-refractivity contribution in [1.82, 2.24) is 0 Å². The van der Waals surface area contributed by atoms with Crippen molar-refractivity contribution >= 4 is 5.97 Å². The first kappa shape index (κ1) is 14.6. The maximum atomic E-state index is 12.9. The number of aryl methyl sites for hydroxylation is 1. The van der Waals surface area contributed by atoms with Crippen LogP contribution in [0, 0.1) is 12.7 Å². The van der Waals surface area contributed by atoms with Gasteiger partial charge in [0.15, 0.2) is 0 Å². The Morgan fingerprint density at radius 1 is 1.22 bits per heavy atom. The molecule has 100 valence electrons. The molecule has 18 heavy (non-hydrogen) atoms. The lowest BCUT2D eigenvalue weighted by Gasteiger charge is -2.07. The fraction of sp³-hybridized carbons (Fsp3) is 0.462. The van der Waals surface area contributed by atoms with E-state index in [0.29, 0.717) is 30.9 Å². The zero-order valence-electron chi connectivity index (χ0n) is 10.6. The van der Waals surface area contributed by atoms with Gasteiger partial charge in [0, 0.05) is 7.11 Å². The monoisotopic (exact) mass is 256 g/mol. The van der Waals surface area contributed by atoms with Crippen molar-refractivity contribution in [1.29, 1.82) is 0 Å². The number of hydrogen-bond acceptors (Lipinski definition) is 4. The highest BCUT2D eigenvalue weighted by molar-refractivity contribution is 5.90. The Bertz CT molecular complexity index is 393. The van der Waals surface area contributed by atoms with Crippen LogP contribution in [-0.4, -0.2) is 39.5 Å². The summed E-state index contributed by atoms with van der Waals surface area (Å²) in [7, 11) is 1.58. The van der Waals surface area contributed by atoms with Gasteiger partial charge in [-0.05, 0) is 30.7 Å². The van der Waals surface area contributed by atoms with Crippen molar-refractivity contribution in [3.63, 3.8) is 0 Å². The third-order valence-corrected chi connectivity index (χ3v) is 2.30. The van der Waals surface area contributed by atoms with Crippen LogP contribution in [0.25, 0.3) is 0 Å². The van der Waals surface area contributed by atoms with Gasteiger partial charge in [0.2, 0.25) is 0 Å². The lowest BCUT2D eigenvalue weighted by Crippen LogP contribution is -2.13. The summed E-state index contributed by atoms with van der Waals surface area (Å²) < 4.78 is 27.8. The Morgan fingerprint density at radius 3 is 2.61 bits per heavy atom. The summed E-state index contributed by atoms with van der Waals surface area (Å²) in [6.07, 6.45) is 0. The smallest absolute Gasteiger partial charge is 0.338 e. The zero-order valence-corrected chi connectivity index (χ0v) is 10.6. The van der Waals surface area contributed by atoms with Crippen LogP contribution < -0.4 is 0 Å². The van der Waals surface area contributed by atoms with Gasteiger partial charge < -0.3 is 14.2 Å². The average molecular weight is 256 g/mol. The molecule has 0 aliphatic carbocycles. The van der Waals surface area contributed by atoms with E-state index in [-0.39, 0.29) is 12.4 Å². The normalized spacial score (nSPS) is 10.4. The van der Waals surface area contributed by atoms with E-state index in [4.69, 9.17) is 14.2 Å². The van der Waals surface area contributed by atoms with Crippen molar-refractivity contribution in [3.05, 3.63) is 35.1 Å². The first-order chi connectivity index (χ1) is 8.65. The second-order valence-electron chi connectivity index (χ2n) is 3.70. The highest BCUT2D eigenvalue weighted by Gasteiger charge is 2.10. The van der Waals surface area contributed by atoms with E-state index in [2.05, 4.69) is 0 Å². The van der Waals surface area contributed by atoms with Crippen molar-refractivity contribution in [3.8, 4) is 0 Å². The minimum atomic E-state index is -0.470. The molecule has 0 aliphatic heterocycles. The van der Waals surface area contributed by atoms with Crippen LogP contribution in [0.2, 0.25) is 0 Å². The standard InChI is InChI=1S/C13H17FO4/c1-10-9-11(14)3-4-12(10)13(15)18-8-7-17-6-5-16-2/h3-4,9H,5-8H2,1-2H3. The molecule has 0 amide bonds. The summed E-state index contributed by atoms with van der Waals surface area (Å²) in [5.74, 6) is -0.838. The molecule has 0 spiro atoms. The predicted octanol–water partition coefficient (Wildman–Crippen LogP) is 1.95. The first-order valence-electron chi connectivity index (χ1n) is 5.65. The van der Waals surface area contributed by atoms with E-state index in [1.165, 1.54) is 18.2 Å². The molecule has 0 heterocycles. The van der Waals surface area contributed by atoms with Gasteiger partial charge in [-0.25, -0.2) is 9.18 Å². The third kappa shape index (κ3) is 4.81. The number of esters is 1.